The van der Waals surface area contributed by atoms with E-state index in [0.717, 1.165) is 28.1 Å². The minimum atomic E-state index is -0.122. The fraction of sp³-hybridized carbons (Fsp3) is 0.176. The molecule has 1 atom stereocenters. The number of carbonyl (C=O) groups excluding carboxylic acids is 1. The average molecular weight is 354 g/mol. The van der Waals surface area contributed by atoms with E-state index in [1.165, 1.54) is 0 Å². The van der Waals surface area contributed by atoms with Crippen LogP contribution in [-0.2, 0) is 4.79 Å². The second kappa shape index (κ2) is 7.35. The van der Waals surface area contributed by atoms with Crippen LogP contribution in [0.1, 0.15) is 18.5 Å². The molecule has 128 valence electrons. The minimum absolute atomic E-state index is 0.0412. The first-order chi connectivity index (χ1) is 12.0. The van der Waals surface area contributed by atoms with Crippen molar-refractivity contribution in [2.75, 3.05) is 17.2 Å². The molecule has 0 aliphatic rings. The van der Waals surface area contributed by atoms with Crippen LogP contribution in [0.25, 0.3) is 10.8 Å². The molecular weight excluding hydrogens is 336 g/mol. The van der Waals surface area contributed by atoms with Gasteiger partial charge in [0.25, 0.3) is 0 Å². The summed E-state index contributed by atoms with van der Waals surface area (Å²) in [7, 11) is 0. The Bertz CT molecular complexity index is 891. The molecular formula is C17H18N6OS. The third-order valence-corrected chi connectivity index (χ3v) is 4.50. The number of nitrogen functional groups attached to an aromatic ring is 2. The molecule has 0 unspecified atom stereocenters. The van der Waals surface area contributed by atoms with Gasteiger partial charge in [0, 0.05) is 0 Å². The lowest BCUT2D eigenvalue weighted by Gasteiger charge is -2.16. The number of thioether (sulfide) groups is 1. The van der Waals surface area contributed by atoms with E-state index in [4.69, 9.17) is 11.5 Å². The Labute approximate surface area is 149 Å². The molecule has 3 aromatic rings. The smallest absolute Gasteiger partial charge is 0.230 e. The number of anilines is 2. The number of rotatable bonds is 5. The van der Waals surface area contributed by atoms with Gasteiger partial charge < -0.3 is 16.8 Å². The van der Waals surface area contributed by atoms with Crippen LogP contribution in [0.4, 0.5) is 11.9 Å². The van der Waals surface area contributed by atoms with E-state index in [9.17, 15) is 4.79 Å². The first-order valence-electron chi connectivity index (χ1n) is 7.70. The second-order valence-electron chi connectivity index (χ2n) is 5.48. The predicted molar refractivity (Wildman–Crippen MR) is 99.9 cm³/mol. The Kier molecular flexibility index (Phi) is 4.99. The summed E-state index contributed by atoms with van der Waals surface area (Å²) in [4.78, 5) is 23.8. The zero-order valence-corrected chi connectivity index (χ0v) is 14.5. The van der Waals surface area contributed by atoms with Crippen LogP contribution in [0, 0.1) is 0 Å². The van der Waals surface area contributed by atoms with Gasteiger partial charge in [-0.2, -0.15) is 15.0 Å². The topological polar surface area (TPSA) is 120 Å². The van der Waals surface area contributed by atoms with E-state index in [1.807, 2.05) is 31.2 Å². The maximum Gasteiger partial charge on any atom is 0.230 e. The van der Waals surface area contributed by atoms with E-state index in [0.29, 0.717) is 5.16 Å². The molecule has 0 radical (unpaired) electrons. The lowest BCUT2D eigenvalue weighted by Crippen LogP contribution is -2.28. The highest BCUT2D eigenvalue weighted by atomic mass is 32.2. The van der Waals surface area contributed by atoms with E-state index in [2.05, 4.69) is 38.5 Å². The van der Waals surface area contributed by atoms with E-state index >= 15 is 0 Å². The van der Waals surface area contributed by atoms with Crippen molar-refractivity contribution in [2.24, 2.45) is 0 Å². The largest absolute Gasteiger partial charge is 0.368 e. The fourth-order valence-electron chi connectivity index (χ4n) is 2.57. The minimum Gasteiger partial charge on any atom is -0.368 e. The third kappa shape index (κ3) is 4.16. The predicted octanol–water partition coefficient (Wildman–Crippen LogP) is 2.16. The normalized spacial score (nSPS) is 12.0. The van der Waals surface area contributed by atoms with Crippen molar-refractivity contribution in [3.8, 4) is 0 Å². The summed E-state index contributed by atoms with van der Waals surface area (Å²) >= 11 is 1.16. The highest BCUT2D eigenvalue weighted by Gasteiger charge is 2.13. The molecule has 1 heterocycles. The van der Waals surface area contributed by atoms with Crippen molar-refractivity contribution in [3.05, 3.63) is 48.0 Å². The molecule has 1 aromatic heterocycles. The van der Waals surface area contributed by atoms with Crippen molar-refractivity contribution in [1.29, 1.82) is 0 Å². The number of carbonyl (C=O) groups is 1. The average Bonchev–Trinajstić information content (AvgIpc) is 2.58. The molecule has 0 fully saturated rings. The van der Waals surface area contributed by atoms with Gasteiger partial charge in [-0.3, -0.25) is 4.79 Å². The number of hydrogen-bond donors (Lipinski definition) is 3. The van der Waals surface area contributed by atoms with Crippen LogP contribution in [0.3, 0.4) is 0 Å². The Morgan fingerprint density at radius 1 is 1.08 bits per heavy atom. The van der Waals surface area contributed by atoms with Crippen molar-refractivity contribution in [2.45, 2.75) is 18.1 Å². The number of fused-ring (bicyclic) bond motifs is 1. The quantitative estimate of drug-likeness (QED) is 0.600. The summed E-state index contributed by atoms with van der Waals surface area (Å²) in [6.45, 7) is 1.96. The SMILES string of the molecule is C[C@@H](NC(=O)CSc1nc(N)nc(N)n1)c1cccc2ccccc12. The molecule has 0 spiro atoms. The molecule has 3 rings (SSSR count). The summed E-state index contributed by atoms with van der Waals surface area (Å²) in [6, 6.07) is 14.0. The number of nitrogens with one attached hydrogen (secondary N) is 1. The number of benzene rings is 2. The van der Waals surface area contributed by atoms with E-state index in [-0.39, 0.29) is 29.6 Å². The van der Waals surface area contributed by atoms with Crippen LogP contribution in [0.5, 0.6) is 0 Å². The molecule has 7 nitrogen and oxygen atoms in total. The van der Waals surface area contributed by atoms with Crippen molar-refractivity contribution >= 4 is 40.3 Å². The van der Waals surface area contributed by atoms with Crippen LogP contribution in [0.15, 0.2) is 47.6 Å². The van der Waals surface area contributed by atoms with E-state index < -0.39 is 0 Å². The Morgan fingerprint density at radius 3 is 2.52 bits per heavy atom. The van der Waals surface area contributed by atoms with Gasteiger partial charge in [-0.15, -0.1) is 0 Å². The number of nitrogens with two attached hydrogens (primary N) is 2. The standard InChI is InChI=1S/C17H18N6OS/c1-10(12-8-4-6-11-5-2-3-7-13(11)12)20-14(24)9-25-17-22-15(18)21-16(19)23-17/h2-8,10H,9H2,1H3,(H,20,24)(H4,18,19,21,22,23)/t10-/m1/s1. The molecule has 0 saturated heterocycles. The van der Waals surface area contributed by atoms with Gasteiger partial charge in [-0.25, -0.2) is 0 Å². The van der Waals surface area contributed by atoms with Gasteiger partial charge in [0.15, 0.2) is 5.16 Å². The molecule has 0 saturated carbocycles. The van der Waals surface area contributed by atoms with Gasteiger partial charge in [0.1, 0.15) is 0 Å². The van der Waals surface area contributed by atoms with Crippen LogP contribution in [0.2, 0.25) is 0 Å². The number of hydrogen-bond acceptors (Lipinski definition) is 7. The van der Waals surface area contributed by atoms with Gasteiger partial charge in [-0.05, 0) is 23.3 Å². The molecule has 0 bridgehead atoms. The first kappa shape index (κ1) is 17.0. The molecule has 5 N–H and O–H groups in total. The highest BCUT2D eigenvalue weighted by Crippen LogP contribution is 2.24. The van der Waals surface area contributed by atoms with Gasteiger partial charge in [-0.1, -0.05) is 54.2 Å². The lowest BCUT2D eigenvalue weighted by molar-refractivity contribution is -0.119. The number of amides is 1. The van der Waals surface area contributed by atoms with E-state index in [1.54, 1.807) is 0 Å². The summed E-state index contributed by atoms with van der Waals surface area (Å²) in [5, 5.41) is 5.60. The van der Waals surface area contributed by atoms with Gasteiger partial charge in [0.05, 0.1) is 11.8 Å². The van der Waals surface area contributed by atoms with Crippen molar-refractivity contribution in [1.82, 2.24) is 20.3 Å². The van der Waals surface area contributed by atoms with Gasteiger partial charge in [0.2, 0.25) is 17.8 Å². The first-order valence-corrected chi connectivity index (χ1v) is 8.68. The molecule has 0 aliphatic carbocycles. The van der Waals surface area contributed by atoms with Crippen LogP contribution < -0.4 is 16.8 Å². The zero-order valence-electron chi connectivity index (χ0n) is 13.6. The van der Waals surface area contributed by atoms with Crippen molar-refractivity contribution in [3.63, 3.8) is 0 Å². The summed E-state index contributed by atoms with van der Waals surface area (Å²) in [6.07, 6.45) is 0. The Balaban J connectivity index is 1.66. The lowest BCUT2D eigenvalue weighted by atomic mass is 10.00. The van der Waals surface area contributed by atoms with Crippen LogP contribution in [-0.4, -0.2) is 26.6 Å². The number of nitrogens with zero attached hydrogens (tertiary/aromatic N) is 3. The fourth-order valence-corrected chi connectivity index (χ4v) is 3.23. The molecule has 1 amide bonds. The Hall–Kier alpha value is -2.87. The molecule has 0 aliphatic heterocycles. The van der Waals surface area contributed by atoms with Crippen LogP contribution >= 0.6 is 11.8 Å². The zero-order chi connectivity index (χ0) is 17.8. The summed E-state index contributed by atoms with van der Waals surface area (Å²) < 4.78 is 0. The van der Waals surface area contributed by atoms with Gasteiger partial charge >= 0.3 is 0 Å². The maximum atomic E-state index is 12.2. The third-order valence-electron chi connectivity index (χ3n) is 3.65. The summed E-state index contributed by atoms with van der Waals surface area (Å²) in [5.74, 6) is 0.125. The summed E-state index contributed by atoms with van der Waals surface area (Å²) in [5.41, 5.74) is 12.1. The number of aromatic nitrogens is 3. The molecule has 2 aromatic carbocycles. The molecule has 8 heteroatoms. The Morgan fingerprint density at radius 2 is 1.76 bits per heavy atom. The highest BCUT2D eigenvalue weighted by molar-refractivity contribution is 7.99. The maximum absolute atomic E-state index is 12.2. The monoisotopic (exact) mass is 354 g/mol. The van der Waals surface area contributed by atoms with Crippen molar-refractivity contribution < 1.29 is 4.79 Å². The second-order valence-corrected chi connectivity index (χ2v) is 6.42. The molecule has 25 heavy (non-hydrogen) atoms.